The number of hydrogen-bond acceptors (Lipinski definition) is 4. The summed E-state index contributed by atoms with van der Waals surface area (Å²) in [6.45, 7) is 1.60. The second-order valence-electron chi connectivity index (χ2n) is 5.46. The van der Waals surface area contributed by atoms with Crippen molar-refractivity contribution in [3.8, 4) is 11.5 Å². The summed E-state index contributed by atoms with van der Waals surface area (Å²) < 4.78 is 13.0. The Hall–Kier alpha value is -2.07. The van der Waals surface area contributed by atoms with E-state index < -0.39 is 11.9 Å². The van der Waals surface area contributed by atoms with Crippen LogP contribution in [-0.4, -0.2) is 24.1 Å². The predicted octanol–water partition coefficient (Wildman–Crippen LogP) is 4.20. The Morgan fingerprint density at radius 1 is 1.30 bits per heavy atom. The van der Waals surface area contributed by atoms with Crippen LogP contribution in [0.15, 0.2) is 46.6 Å². The lowest BCUT2D eigenvalue weighted by Gasteiger charge is -2.14. The molecule has 2 N–H and O–H groups in total. The van der Waals surface area contributed by atoms with Crippen molar-refractivity contribution in [2.24, 2.45) is 0 Å². The topological polar surface area (TPSA) is 84.9 Å². The summed E-state index contributed by atoms with van der Waals surface area (Å²) in [6, 6.07) is 11.2. The van der Waals surface area contributed by atoms with Gasteiger partial charge in [0.2, 0.25) is 5.91 Å². The lowest BCUT2D eigenvalue weighted by atomic mass is 10.1. The molecule has 1 amide bonds. The van der Waals surface area contributed by atoms with E-state index in [2.05, 4.69) is 43.8 Å². The summed E-state index contributed by atoms with van der Waals surface area (Å²) in [5.74, 6) is -0.758. The number of amides is 1. The molecule has 0 aliphatic heterocycles. The second-order valence-corrected chi connectivity index (χ2v) is 7.48. The summed E-state index contributed by atoms with van der Waals surface area (Å²) in [7, 11) is 1.50. The van der Waals surface area contributed by atoms with Crippen molar-refractivity contribution in [1.29, 1.82) is 0 Å². The van der Waals surface area contributed by atoms with Gasteiger partial charge in [-0.25, -0.2) is 4.79 Å². The van der Waals surface area contributed by atoms with Gasteiger partial charge < -0.3 is 19.9 Å². The van der Waals surface area contributed by atoms with Gasteiger partial charge in [0.05, 0.1) is 11.6 Å². The molecule has 6 nitrogen and oxygen atoms in total. The van der Waals surface area contributed by atoms with E-state index in [0.717, 1.165) is 9.13 Å². The number of ether oxygens (including phenoxy) is 2. The Balaban J connectivity index is 2.32. The Morgan fingerprint density at radius 3 is 2.59 bits per heavy atom. The number of aliphatic carboxylic acids is 1. The van der Waals surface area contributed by atoms with Gasteiger partial charge in [-0.2, -0.15) is 0 Å². The van der Waals surface area contributed by atoms with Gasteiger partial charge in [-0.15, -0.1) is 0 Å². The highest BCUT2D eigenvalue weighted by atomic mass is 127. The molecule has 27 heavy (non-hydrogen) atoms. The number of carbonyl (C=O) groups is 2. The molecule has 2 aromatic rings. The number of rotatable bonds is 7. The number of hydrogen-bond donors (Lipinski definition) is 2. The third-order valence-electron chi connectivity index (χ3n) is 3.43. The Kier molecular flexibility index (Phi) is 7.66. The van der Waals surface area contributed by atoms with Crippen LogP contribution < -0.4 is 14.8 Å². The molecule has 0 aliphatic rings. The Bertz CT molecular complexity index is 898. The molecule has 0 atom stereocenters. The molecule has 0 unspecified atom stereocenters. The van der Waals surface area contributed by atoms with E-state index in [-0.39, 0.29) is 5.70 Å². The normalized spacial score (nSPS) is 11.0. The van der Waals surface area contributed by atoms with Crippen LogP contribution in [0.1, 0.15) is 18.1 Å². The van der Waals surface area contributed by atoms with Crippen molar-refractivity contribution in [2.45, 2.75) is 13.5 Å². The zero-order chi connectivity index (χ0) is 20.0. The number of carbonyl (C=O) groups excluding carboxylic acids is 1. The molecule has 8 heteroatoms. The number of benzene rings is 2. The smallest absolute Gasteiger partial charge is 0.352 e. The van der Waals surface area contributed by atoms with Crippen LogP contribution >= 0.6 is 38.5 Å². The van der Waals surface area contributed by atoms with Crippen LogP contribution in [0.3, 0.4) is 0 Å². The number of methoxy groups -OCH3 is 1. The second kappa shape index (κ2) is 9.75. The Morgan fingerprint density at radius 2 is 2.00 bits per heavy atom. The highest BCUT2D eigenvalue weighted by Gasteiger charge is 2.14. The average Bonchev–Trinajstić information content (AvgIpc) is 2.60. The van der Waals surface area contributed by atoms with Gasteiger partial charge in [-0.3, -0.25) is 4.79 Å². The molecule has 0 radical (unpaired) electrons. The van der Waals surface area contributed by atoms with E-state index in [4.69, 9.17) is 9.47 Å². The van der Waals surface area contributed by atoms with Gasteiger partial charge in [0.1, 0.15) is 12.3 Å². The van der Waals surface area contributed by atoms with E-state index in [9.17, 15) is 14.7 Å². The molecule has 2 rings (SSSR count). The maximum Gasteiger partial charge on any atom is 0.352 e. The fourth-order valence-electron chi connectivity index (χ4n) is 2.24. The molecule has 0 saturated carbocycles. The van der Waals surface area contributed by atoms with Crippen LogP contribution in [0.5, 0.6) is 11.5 Å². The number of carboxylic acid groups (broad SMARTS) is 1. The van der Waals surface area contributed by atoms with Gasteiger partial charge in [0.25, 0.3) is 0 Å². The van der Waals surface area contributed by atoms with Crippen molar-refractivity contribution in [3.05, 3.63) is 61.3 Å². The van der Waals surface area contributed by atoms with E-state index >= 15 is 0 Å². The fraction of sp³-hybridized carbons (Fsp3) is 0.158. The molecule has 0 spiro atoms. The van der Waals surface area contributed by atoms with Crippen LogP contribution in [0.25, 0.3) is 6.08 Å². The minimum Gasteiger partial charge on any atom is -0.493 e. The molecule has 0 aromatic heterocycles. The van der Waals surface area contributed by atoms with Gasteiger partial charge in [-0.1, -0.05) is 18.2 Å². The number of nitrogens with one attached hydrogen (secondary N) is 1. The maximum atomic E-state index is 11.3. The maximum absolute atomic E-state index is 11.3. The first kappa shape index (κ1) is 21.2. The first-order chi connectivity index (χ1) is 12.8. The number of halogens is 2. The summed E-state index contributed by atoms with van der Waals surface area (Å²) in [5, 5.41) is 11.5. The van der Waals surface area contributed by atoms with Crippen molar-refractivity contribution >= 4 is 56.5 Å². The SMILES string of the molecule is COc1cc(/C=C(/NC(C)=O)C(=O)O)cc(Br)c1OCc1ccccc1I. The molecule has 0 saturated heterocycles. The zero-order valence-corrected chi connectivity index (χ0v) is 18.3. The largest absolute Gasteiger partial charge is 0.493 e. The minimum absolute atomic E-state index is 0.232. The fourth-order valence-corrected chi connectivity index (χ4v) is 3.35. The van der Waals surface area contributed by atoms with Crippen molar-refractivity contribution in [3.63, 3.8) is 0 Å². The van der Waals surface area contributed by atoms with Crippen LogP contribution in [0.4, 0.5) is 0 Å². The van der Waals surface area contributed by atoms with E-state index in [1.807, 2.05) is 24.3 Å². The molecule has 0 heterocycles. The molecule has 0 aliphatic carbocycles. The predicted molar refractivity (Wildman–Crippen MR) is 114 cm³/mol. The molecule has 2 aromatic carbocycles. The van der Waals surface area contributed by atoms with Crippen LogP contribution in [0.2, 0.25) is 0 Å². The van der Waals surface area contributed by atoms with Crippen molar-refractivity contribution in [1.82, 2.24) is 5.32 Å². The monoisotopic (exact) mass is 545 g/mol. The summed E-state index contributed by atoms with van der Waals surface area (Å²) in [6.07, 6.45) is 1.35. The zero-order valence-electron chi connectivity index (χ0n) is 14.6. The highest BCUT2D eigenvalue weighted by molar-refractivity contribution is 14.1. The van der Waals surface area contributed by atoms with Gasteiger partial charge in [-0.05, 0) is 68.4 Å². The first-order valence-electron chi connectivity index (χ1n) is 7.78. The molecule has 142 valence electrons. The minimum atomic E-state index is -1.24. The first-order valence-corrected chi connectivity index (χ1v) is 9.65. The Labute approximate surface area is 178 Å². The van der Waals surface area contributed by atoms with Crippen LogP contribution in [0, 0.1) is 3.57 Å². The molecule has 0 fully saturated rings. The van der Waals surface area contributed by atoms with Crippen molar-refractivity contribution in [2.75, 3.05) is 7.11 Å². The summed E-state index contributed by atoms with van der Waals surface area (Å²) >= 11 is 5.68. The molecule has 0 bridgehead atoms. The van der Waals surface area contributed by atoms with Crippen molar-refractivity contribution < 1.29 is 24.2 Å². The lowest BCUT2D eigenvalue weighted by molar-refractivity contribution is -0.134. The van der Waals surface area contributed by atoms with Gasteiger partial charge >= 0.3 is 5.97 Å². The van der Waals surface area contributed by atoms with E-state index in [1.165, 1.54) is 20.1 Å². The standard InChI is InChI=1S/C19H17BrINO5/c1-11(23)22-16(19(24)25)8-12-7-14(20)18(17(9-12)26-2)27-10-13-5-3-4-6-15(13)21/h3-9H,10H2,1-2H3,(H,22,23)(H,24,25)/b16-8+. The highest BCUT2D eigenvalue weighted by Crippen LogP contribution is 2.38. The third kappa shape index (κ3) is 5.96. The quantitative estimate of drug-likeness (QED) is 0.402. The average molecular weight is 546 g/mol. The van der Waals surface area contributed by atoms with Gasteiger partial charge in [0.15, 0.2) is 11.5 Å². The van der Waals surface area contributed by atoms with E-state index in [1.54, 1.807) is 12.1 Å². The third-order valence-corrected chi connectivity index (χ3v) is 5.08. The lowest BCUT2D eigenvalue weighted by Crippen LogP contribution is -2.24. The molecular weight excluding hydrogens is 529 g/mol. The summed E-state index contributed by atoms with van der Waals surface area (Å²) in [4.78, 5) is 22.5. The van der Waals surface area contributed by atoms with Crippen LogP contribution in [-0.2, 0) is 16.2 Å². The summed E-state index contributed by atoms with van der Waals surface area (Å²) in [5.41, 5.74) is 1.34. The van der Waals surface area contributed by atoms with E-state index in [0.29, 0.717) is 28.1 Å². The van der Waals surface area contributed by atoms with Gasteiger partial charge in [0, 0.05) is 16.1 Å². The number of carboxylic acids is 1. The molecular formula is C19H17BrINO5.